The maximum absolute atomic E-state index is 12.6. The topological polar surface area (TPSA) is 63.6 Å². The highest BCUT2D eigenvalue weighted by Crippen LogP contribution is 2.64. The predicted molar refractivity (Wildman–Crippen MR) is 112 cm³/mol. The van der Waals surface area contributed by atoms with Crippen LogP contribution in [0.15, 0.2) is 11.6 Å². The fourth-order valence-electron chi connectivity index (χ4n) is 7.25. The van der Waals surface area contributed by atoms with Crippen molar-refractivity contribution in [1.29, 1.82) is 0 Å². The molecule has 0 spiro atoms. The Morgan fingerprint density at radius 2 is 1.86 bits per heavy atom. The Morgan fingerprint density at radius 3 is 2.62 bits per heavy atom. The van der Waals surface area contributed by atoms with E-state index in [0.717, 1.165) is 57.8 Å². The molecule has 0 aromatic heterocycles. The number of hydrogen-bond acceptors (Lipinski definition) is 4. The minimum absolute atomic E-state index is 0.0471. The number of carbonyl (C=O) groups excluding carboxylic acids is 2. The summed E-state index contributed by atoms with van der Waals surface area (Å²) >= 11 is 0. The first kappa shape index (κ1) is 21.1. The molecule has 4 aliphatic rings. The first-order valence-corrected chi connectivity index (χ1v) is 11.9. The molecule has 1 N–H and O–H groups in total. The van der Waals surface area contributed by atoms with Crippen LogP contribution in [-0.2, 0) is 14.3 Å². The summed E-state index contributed by atoms with van der Waals surface area (Å²) in [5.74, 6) is 1.28. The zero-order chi connectivity index (χ0) is 20.8. The number of carbonyl (C=O) groups is 2. The van der Waals surface area contributed by atoms with Gasteiger partial charge in [-0.25, -0.2) is 0 Å². The lowest BCUT2D eigenvalue weighted by Gasteiger charge is -2.58. The molecule has 29 heavy (non-hydrogen) atoms. The fraction of sp³-hybridized carbons (Fsp3) is 0.840. The van der Waals surface area contributed by atoms with Crippen LogP contribution >= 0.6 is 0 Å². The third-order valence-corrected chi connectivity index (χ3v) is 9.08. The molecule has 0 heterocycles. The molecule has 4 rings (SSSR count). The molecule has 3 saturated carbocycles. The van der Waals surface area contributed by atoms with Gasteiger partial charge in [-0.2, -0.15) is 0 Å². The number of fused-ring (bicyclic) bond motifs is 5. The quantitative estimate of drug-likeness (QED) is 0.400. The number of aliphatic hydroxyl groups is 1. The number of aliphatic hydroxyl groups excluding tert-OH is 1. The van der Waals surface area contributed by atoms with Crippen molar-refractivity contribution in [2.24, 2.45) is 28.6 Å². The molecular formula is C25H38O4. The van der Waals surface area contributed by atoms with Gasteiger partial charge in [-0.3, -0.25) is 9.59 Å². The highest BCUT2D eigenvalue weighted by molar-refractivity contribution is 5.87. The summed E-state index contributed by atoms with van der Waals surface area (Å²) in [7, 11) is 0. The first-order valence-electron chi connectivity index (χ1n) is 11.9. The maximum Gasteiger partial charge on any atom is 0.306 e. The third kappa shape index (κ3) is 3.49. The van der Waals surface area contributed by atoms with E-state index in [4.69, 9.17) is 4.74 Å². The van der Waals surface area contributed by atoms with Gasteiger partial charge < -0.3 is 9.84 Å². The largest absolute Gasteiger partial charge is 0.462 e. The van der Waals surface area contributed by atoms with Crippen LogP contribution < -0.4 is 0 Å². The van der Waals surface area contributed by atoms with Crippen molar-refractivity contribution in [1.82, 2.24) is 0 Å². The zero-order valence-electron chi connectivity index (χ0n) is 18.4. The Labute approximate surface area is 175 Å². The highest BCUT2D eigenvalue weighted by atomic mass is 16.5. The molecule has 0 radical (unpaired) electrons. The van der Waals surface area contributed by atoms with E-state index in [1.165, 1.54) is 5.57 Å². The monoisotopic (exact) mass is 402 g/mol. The van der Waals surface area contributed by atoms with Crippen LogP contribution in [0.25, 0.3) is 0 Å². The van der Waals surface area contributed by atoms with Crippen LogP contribution in [0, 0.1) is 28.6 Å². The minimum atomic E-state index is -0.474. The average Bonchev–Trinajstić information content (AvgIpc) is 2.98. The van der Waals surface area contributed by atoms with E-state index < -0.39 is 6.10 Å². The van der Waals surface area contributed by atoms with Crippen LogP contribution in [0.5, 0.6) is 0 Å². The van der Waals surface area contributed by atoms with Crippen LogP contribution in [0.2, 0.25) is 0 Å². The molecule has 162 valence electrons. The molecule has 4 heteroatoms. The van der Waals surface area contributed by atoms with Crippen molar-refractivity contribution in [3.63, 3.8) is 0 Å². The Balaban J connectivity index is 1.49. The van der Waals surface area contributed by atoms with Gasteiger partial charge in [0.25, 0.3) is 0 Å². The summed E-state index contributed by atoms with van der Waals surface area (Å²) in [4.78, 5) is 24.8. The second-order valence-corrected chi connectivity index (χ2v) is 10.6. The van der Waals surface area contributed by atoms with Gasteiger partial charge in [-0.1, -0.05) is 45.3 Å². The number of esters is 1. The summed E-state index contributed by atoms with van der Waals surface area (Å²) in [6.07, 6.45) is 11.4. The lowest BCUT2D eigenvalue weighted by molar-refractivity contribution is -0.152. The smallest absolute Gasteiger partial charge is 0.306 e. The van der Waals surface area contributed by atoms with Gasteiger partial charge in [0, 0.05) is 24.7 Å². The van der Waals surface area contributed by atoms with Crippen molar-refractivity contribution < 1.29 is 19.4 Å². The van der Waals surface area contributed by atoms with E-state index in [-0.39, 0.29) is 28.8 Å². The molecule has 0 bridgehead atoms. The molecule has 4 nitrogen and oxygen atoms in total. The van der Waals surface area contributed by atoms with Gasteiger partial charge in [0.1, 0.15) is 11.9 Å². The summed E-state index contributed by atoms with van der Waals surface area (Å²) in [5.41, 5.74) is 1.13. The zero-order valence-corrected chi connectivity index (χ0v) is 18.4. The molecule has 0 aromatic carbocycles. The van der Waals surface area contributed by atoms with E-state index in [1.54, 1.807) is 0 Å². The van der Waals surface area contributed by atoms with Crippen molar-refractivity contribution in [3.8, 4) is 0 Å². The minimum Gasteiger partial charge on any atom is -0.462 e. The van der Waals surface area contributed by atoms with E-state index >= 15 is 0 Å². The van der Waals surface area contributed by atoms with Crippen molar-refractivity contribution in [2.75, 3.05) is 0 Å². The van der Waals surface area contributed by atoms with Gasteiger partial charge in [0.15, 0.2) is 0 Å². The molecule has 0 aromatic rings. The van der Waals surface area contributed by atoms with Crippen molar-refractivity contribution >= 4 is 11.8 Å². The second kappa shape index (κ2) is 7.83. The molecular weight excluding hydrogens is 364 g/mol. The maximum atomic E-state index is 12.6. The van der Waals surface area contributed by atoms with E-state index in [2.05, 4.69) is 26.8 Å². The summed E-state index contributed by atoms with van der Waals surface area (Å²) in [6.45, 7) is 6.64. The summed E-state index contributed by atoms with van der Waals surface area (Å²) < 4.78 is 5.80. The van der Waals surface area contributed by atoms with E-state index in [0.29, 0.717) is 30.5 Å². The number of rotatable bonds is 5. The van der Waals surface area contributed by atoms with Crippen molar-refractivity contribution in [3.05, 3.63) is 11.6 Å². The second-order valence-electron chi connectivity index (χ2n) is 10.6. The van der Waals surface area contributed by atoms with Gasteiger partial charge in [0.05, 0.1) is 6.10 Å². The van der Waals surface area contributed by atoms with Crippen molar-refractivity contribution in [2.45, 2.75) is 104 Å². The lowest BCUT2D eigenvalue weighted by Crippen LogP contribution is -2.54. The van der Waals surface area contributed by atoms with Crippen LogP contribution in [0.1, 0.15) is 91.4 Å². The summed E-state index contributed by atoms with van der Waals surface area (Å²) in [6, 6.07) is 0. The molecule has 0 aliphatic heterocycles. The number of Topliss-reactive ketones (excluding diaryl/α,β-unsaturated/α-hetero) is 1. The number of ketones is 1. The SMILES string of the molecule is CCCCCC(=O)O[C@H]1CC[C@@]2(C)C(=C[C@@H](O)C3C2CC[C@]2(C)C(=O)CCC32)C1. The standard InChI is InChI=1S/C25H38O4/c1-4-5-6-7-22(28)29-17-10-12-24(2)16(14-17)15-20(26)23-18-8-9-21(27)25(18,3)13-11-19(23)24/h15,17-20,23,26H,4-14H2,1-3H3/t17-,18?,19?,20+,23?,24-,25-/m0/s1. The Kier molecular flexibility index (Phi) is 5.69. The Bertz CT molecular complexity index is 697. The molecule has 3 fully saturated rings. The summed E-state index contributed by atoms with van der Waals surface area (Å²) in [5, 5.41) is 11.1. The van der Waals surface area contributed by atoms with Crippen LogP contribution in [0.3, 0.4) is 0 Å². The Morgan fingerprint density at radius 1 is 1.14 bits per heavy atom. The fourth-order valence-corrected chi connectivity index (χ4v) is 7.25. The van der Waals surface area contributed by atoms with Crippen LogP contribution in [0.4, 0.5) is 0 Å². The van der Waals surface area contributed by atoms with Crippen LogP contribution in [-0.4, -0.2) is 29.1 Å². The predicted octanol–water partition coefficient (Wildman–Crippen LogP) is 4.98. The lowest BCUT2D eigenvalue weighted by atomic mass is 9.47. The molecule has 4 aliphatic carbocycles. The average molecular weight is 403 g/mol. The normalized spacial score (nSPS) is 43.8. The van der Waals surface area contributed by atoms with Gasteiger partial charge in [-0.15, -0.1) is 0 Å². The van der Waals surface area contributed by atoms with Gasteiger partial charge in [-0.05, 0) is 61.7 Å². The Hall–Kier alpha value is -1.16. The number of hydrogen-bond donors (Lipinski definition) is 1. The number of unbranched alkanes of at least 4 members (excludes halogenated alkanes) is 2. The third-order valence-electron chi connectivity index (χ3n) is 9.08. The van der Waals surface area contributed by atoms with Gasteiger partial charge in [0.2, 0.25) is 0 Å². The highest BCUT2D eigenvalue weighted by Gasteiger charge is 2.60. The van der Waals surface area contributed by atoms with E-state index in [1.807, 2.05) is 0 Å². The van der Waals surface area contributed by atoms with E-state index in [9.17, 15) is 14.7 Å². The number of ether oxygens (including phenoxy) is 1. The van der Waals surface area contributed by atoms with Gasteiger partial charge >= 0.3 is 5.97 Å². The molecule has 7 atom stereocenters. The first-order chi connectivity index (χ1) is 13.8. The molecule has 3 unspecified atom stereocenters. The molecule has 0 saturated heterocycles. The molecule has 0 amide bonds.